The zero-order chi connectivity index (χ0) is 13.3. The third-order valence-electron chi connectivity index (χ3n) is 3.00. The fourth-order valence-electron chi connectivity index (χ4n) is 1.72. The van der Waals surface area contributed by atoms with Crippen LogP contribution in [-0.4, -0.2) is 10.1 Å². The van der Waals surface area contributed by atoms with Gasteiger partial charge >= 0.3 is 0 Å². The number of hydrogen-bond acceptors (Lipinski definition) is 3. The minimum absolute atomic E-state index is 0.220. The standard InChI is InChI=1S/C14H15FN2O/c1-8-9(2)14(16-10(3)13(8)18)17-12-6-4-11(15)5-7-12/h4-7,18H,1-3H3,(H,16,17). The summed E-state index contributed by atoms with van der Waals surface area (Å²) in [5, 5.41) is 12.9. The van der Waals surface area contributed by atoms with Crippen molar-refractivity contribution in [2.45, 2.75) is 20.8 Å². The molecule has 0 bridgehead atoms. The summed E-state index contributed by atoms with van der Waals surface area (Å²) in [6.45, 7) is 5.47. The first-order chi connectivity index (χ1) is 8.49. The first-order valence-corrected chi connectivity index (χ1v) is 5.68. The first kappa shape index (κ1) is 12.4. The lowest BCUT2D eigenvalue weighted by atomic mass is 10.1. The summed E-state index contributed by atoms with van der Waals surface area (Å²) >= 11 is 0. The van der Waals surface area contributed by atoms with Gasteiger partial charge in [0.25, 0.3) is 0 Å². The number of rotatable bonds is 2. The Morgan fingerprint density at radius 1 is 1.06 bits per heavy atom. The molecule has 0 aliphatic heterocycles. The van der Waals surface area contributed by atoms with Crippen molar-refractivity contribution >= 4 is 11.5 Å². The van der Waals surface area contributed by atoms with E-state index in [4.69, 9.17) is 0 Å². The van der Waals surface area contributed by atoms with Crippen LogP contribution < -0.4 is 5.32 Å². The Morgan fingerprint density at radius 3 is 2.28 bits per heavy atom. The maximum absolute atomic E-state index is 12.8. The molecular formula is C14H15FN2O. The Hall–Kier alpha value is -2.10. The highest BCUT2D eigenvalue weighted by Crippen LogP contribution is 2.29. The van der Waals surface area contributed by atoms with Crippen molar-refractivity contribution in [2.24, 2.45) is 0 Å². The van der Waals surface area contributed by atoms with E-state index in [-0.39, 0.29) is 11.6 Å². The van der Waals surface area contributed by atoms with Gasteiger partial charge in [0.1, 0.15) is 17.4 Å². The normalized spacial score (nSPS) is 10.4. The molecule has 0 radical (unpaired) electrons. The molecule has 0 saturated heterocycles. The van der Waals surface area contributed by atoms with Gasteiger partial charge in [0.2, 0.25) is 0 Å². The first-order valence-electron chi connectivity index (χ1n) is 5.68. The molecule has 94 valence electrons. The molecule has 1 heterocycles. The van der Waals surface area contributed by atoms with Crippen molar-refractivity contribution in [3.63, 3.8) is 0 Å². The van der Waals surface area contributed by atoms with Crippen LogP contribution in [0, 0.1) is 26.6 Å². The van der Waals surface area contributed by atoms with Crippen LogP contribution in [0.1, 0.15) is 16.8 Å². The predicted octanol–water partition coefficient (Wildman–Crippen LogP) is 3.60. The molecule has 2 aromatic rings. The van der Waals surface area contributed by atoms with Crippen LogP contribution in [-0.2, 0) is 0 Å². The van der Waals surface area contributed by atoms with Gasteiger partial charge < -0.3 is 10.4 Å². The van der Waals surface area contributed by atoms with Crippen LogP contribution in [0.25, 0.3) is 0 Å². The number of nitrogens with zero attached hydrogens (tertiary/aromatic N) is 1. The second-order valence-corrected chi connectivity index (χ2v) is 4.28. The number of pyridine rings is 1. The van der Waals surface area contributed by atoms with Crippen LogP contribution in [0.15, 0.2) is 24.3 Å². The molecule has 1 aromatic carbocycles. The second kappa shape index (κ2) is 4.64. The molecule has 4 heteroatoms. The Morgan fingerprint density at radius 2 is 1.67 bits per heavy atom. The van der Waals surface area contributed by atoms with E-state index in [0.29, 0.717) is 11.5 Å². The quantitative estimate of drug-likeness (QED) is 0.851. The van der Waals surface area contributed by atoms with Crippen LogP contribution in [0.2, 0.25) is 0 Å². The second-order valence-electron chi connectivity index (χ2n) is 4.28. The third kappa shape index (κ3) is 2.27. The van der Waals surface area contributed by atoms with Crippen molar-refractivity contribution in [1.82, 2.24) is 4.98 Å². The van der Waals surface area contributed by atoms with E-state index in [0.717, 1.165) is 16.8 Å². The van der Waals surface area contributed by atoms with E-state index in [2.05, 4.69) is 10.3 Å². The van der Waals surface area contributed by atoms with Gasteiger partial charge in [0, 0.05) is 5.69 Å². The third-order valence-corrected chi connectivity index (χ3v) is 3.00. The zero-order valence-electron chi connectivity index (χ0n) is 10.6. The molecule has 1 aromatic heterocycles. The number of hydrogen-bond donors (Lipinski definition) is 2. The highest BCUT2D eigenvalue weighted by Gasteiger charge is 2.10. The number of benzene rings is 1. The zero-order valence-corrected chi connectivity index (χ0v) is 10.6. The summed E-state index contributed by atoms with van der Waals surface area (Å²) < 4.78 is 12.8. The number of halogens is 1. The molecule has 3 nitrogen and oxygen atoms in total. The number of nitrogens with one attached hydrogen (secondary N) is 1. The summed E-state index contributed by atoms with van der Waals surface area (Å²) in [6, 6.07) is 6.07. The van der Waals surface area contributed by atoms with E-state index in [1.54, 1.807) is 19.1 Å². The summed E-state index contributed by atoms with van der Waals surface area (Å²) in [4.78, 5) is 4.30. The number of anilines is 2. The predicted molar refractivity (Wildman–Crippen MR) is 69.8 cm³/mol. The van der Waals surface area contributed by atoms with Gasteiger partial charge in [-0.05, 0) is 56.2 Å². The fraction of sp³-hybridized carbons (Fsp3) is 0.214. The highest BCUT2D eigenvalue weighted by atomic mass is 19.1. The van der Waals surface area contributed by atoms with Crippen molar-refractivity contribution in [3.05, 3.63) is 46.9 Å². The van der Waals surface area contributed by atoms with Crippen LogP contribution in [0.5, 0.6) is 5.75 Å². The number of aromatic nitrogens is 1. The summed E-state index contributed by atoms with van der Waals surface area (Å²) in [6.07, 6.45) is 0. The molecule has 0 spiro atoms. The molecule has 18 heavy (non-hydrogen) atoms. The molecule has 0 atom stereocenters. The van der Waals surface area contributed by atoms with Crippen molar-refractivity contribution in [3.8, 4) is 5.75 Å². The van der Waals surface area contributed by atoms with Gasteiger partial charge in [-0.3, -0.25) is 0 Å². The van der Waals surface area contributed by atoms with Crippen molar-refractivity contribution in [2.75, 3.05) is 5.32 Å². The average molecular weight is 246 g/mol. The van der Waals surface area contributed by atoms with Crippen molar-refractivity contribution in [1.29, 1.82) is 0 Å². The Labute approximate surface area is 105 Å². The van der Waals surface area contributed by atoms with Gasteiger partial charge in [0.05, 0.1) is 5.69 Å². The molecule has 0 aliphatic rings. The molecule has 2 N–H and O–H groups in total. The lowest BCUT2D eigenvalue weighted by Crippen LogP contribution is -2.00. The maximum atomic E-state index is 12.8. The molecule has 0 amide bonds. The molecule has 0 unspecified atom stereocenters. The molecular weight excluding hydrogens is 231 g/mol. The van der Waals surface area contributed by atoms with Gasteiger partial charge in [-0.15, -0.1) is 0 Å². The fourth-order valence-corrected chi connectivity index (χ4v) is 1.72. The van der Waals surface area contributed by atoms with E-state index < -0.39 is 0 Å². The SMILES string of the molecule is Cc1nc(Nc2ccc(F)cc2)c(C)c(C)c1O. The van der Waals surface area contributed by atoms with E-state index in [1.807, 2.05) is 13.8 Å². The smallest absolute Gasteiger partial charge is 0.140 e. The maximum Gasteiger partial charge on any atom is 0.140 e. The van der Waals surface area contributed by atoms with Crippen LogP contribution >= 0.6 is 0 Å². The minimum Gasteiger partial charge on any atom is -0.506 e. The molecule has 2 rings (SSSR count). The minimum atomic E-state index is -0.275. The van der Waals surface area contributed by atoms with Gasteiger partial charge in [-0.25, -0.2) is 9.37 Å². The monoisotopic (exact) mass is 246 g/mol. The van der Waals surface area contributed by atoms with Crippen LogP contribution in [0.4, 0.5) is 15.9 Å². The lowest BCUT2D eigenvalue weighted by Gasteiger charge is -2.13. The Bertz CT molecular complexity index is 579. The number of aromatic hydroxyl groups is 1. The largest absolute Gasteiger partial charge is 0.506 e. The Kier molecular flexibility index (Phi) is 3.19. The van der Waals surface area contributed by atoms with E-state index in [9.17, 15) is 9.50 Å². The summed E-state index contributed by atoms with van der Waals surface area (Å²) in [5.41, 5.74) is 3.01. The number of aryl methyl sites for hydroxylation is 1. The average Bonchev–Trinajstić information content (AvgIpc) is 2.36. The van der Waals surface area contributed by atoms with Gasteiger partial charge in [-0.1, -0.05) is 0 Å². The topological polar surface area (TPSA) is 45.2 Å². The summed E-state index contributed by atoms with van der Waals surface area (Å²) in [5.74, 6) is 0.620. The van der Waals surface area contributed by atoms with Crippen molar-refractivity contribution < 1.29 is 9.50 Å². The molecule has 0 fully saturated rings. The van der Waals surface area contributed by atoms with E-state index >= 15 is 0 Å². The highest BCUT2D eigenvalue weighted by molar-refractivity contribution is 5.62. The van der Waals surface area contributed by atoms with Crippen LogP contribution in [0.3, 0.4) is 0 Å². The lowest BCUT2D eigenvalue weighted by molar-refractivity contribution is 0.463. The van der Waals surface area contributed by atoms with Gasteiger partial charge in [-0.2, -0.15) is 0 Å². The molecule has 0 aliphatic carbocycles. The summed E-state index contributed by atoms with van der Waals surface area (Å²) in [7, 11) is 0. The van der Waals surface area contributed by atoms with Gasteiger partial charge in [0.15, 0.2) is 0 Å². The van der Waals surface area contributed by atoms with E-state index in [1.165, 1.54) is 12.1 Å². The molecule has 0 saturated carbocycles. The Balaban J connectivity index is 2.38.